The molecule has 0 heterocycles. The minimum Gasteiger partial charge on any atom is -0.411 e. The Kier molecular flexibility index (Phi) is 10.9. The molecular weight excluding hydrogens is 150 g/mol. The third-order valence-electron chi connectivity index (χ3n) is 1.31. The van der Waals surface area contributed by atoms with Crippen molar-refractivity contribution in [1.29, 1.82) is 0 Å². The van der Waals surface area contributed by atoms with Crippen LogP contribution in [0.25, 0.3) is 0 Å². The van der Waals surface area contributed by atoms with Crippen molar-refractivity contribution in [2.75, 3.05) is 0 Å². The lowest BCUT2D eigenvalue weighted by molar-refractivity contribution is 0.317. The van der Waals surface area contributed by atoms with Gasteiger partial charge in [0.05, 0.1) is 5.71 Å². The Morgan fingerprint density at radius 1 is 1.40 bits per heavy atom. The Bertz CT molecular complexity index is 93.6. The summed E-state index contributed by atoms with van der Waals surface area (Å²) in [6, 6.07) is 0. The molecule has 0 fully saturated rings. The van der Waals surface area contributed by atoms with Crippen molar-refractivity contribution in [3.05, 3.63) is 0 Å². The summed E-state index contributed by atoms with van der Waals surface area (Å²) in [7, 11) is 0. The maximum atomic E-state index is 8.22. The first-order valence-corrected chi connectivity index (χ1v) is 3.48. The third-order valence-corrected chi connectivity index (χ3v) is 1.31. The van der Waals surface area contributed by atoms with Gasteiger partial charge >= 0.3 is 0 Å². The van der Waals surface area contributed by atoms with Crippen LogP contribution in [0.3, 0.4) is 0 Å². The summed E-state index contributed by atoms with van der Waals surface area (Å²) < 4.78 is 0. The largest absolute Gasteiger partial charge is 0.411 e. The molecule has 0 spiro atoms. The second-order valence-corrected chi connectivity index (χ2v) is 2.29. The number of rotatable bonds is 4. The Hall–Kier alpha value is -0.240. The van der Waals surface area contributed by atoms with Gasteiger partial charge in [-0.25, -0.2) is 0 Å². The van der Waals surface area contributed by atoms with E-state index in [0.29, 0.717) is 0 Å². The van der Waals surface area contributed by atoms with Crippen LogP contribution in [-0.4, -0.2) is 10.9 Å². The van der Waals surface area contributed by atoms with Gasteiger partial charge in [-0.1, -0.05) is 24.9 Å². The predicted molar refractivity (Wildman–Crippen MR) is 46.3 cm³/mol. The summed E-state index contributed by atoms with van der Waals surface area (Å²) in [5.41, 5.74) is 0.837. The summed E-state index contributed by atoms with van der Waals surface area (Å²) in [4.78, 5) is 0. The maximum Gasteiger partial charge on any atom is 0.0540 e. The van der Waals surface area contributed by atoms with E-state index in [2.05, 4.69) is 12.1 Å². The first-order valence-electron chi connectivity index (χ1n) is 3.48. The van der Waals surface area contributed by atoms with Crippen LogP contribution < -0.4 is 0 Å². The fraction of sp³-hybridized carbons (Fsp3) is 0.857. The summed E-state index contributed by atoms with van der Waals surface area (Å²) >= 11 is 0. The highest BCUT2D eigenvalue weighted by atomic mass is 35.5. The Labute approximate surface area is 68.7 Å². The van der Waals surface area contributed by atoms with Crippen molar-refractivity contribution in [1.82, 2.24) is 0 Å². The van der Waals surface area contributed by atoms with Gasteiger partial charge in [-0.15, -0.1) is 12.4 Å². The molecule has 0 aliphatic heterocycles. The zero-order valence-corrected chi connectivity index (χ0v) is 7.45. The first-order chi connectivity index (χ1) is 4.31. The van der Waals surface area contributed by atoms with Crippen LogP contribution in [-0.2, 0) is 0 Å². The molecule has 10 heavy (non-hydrogen) atoms. The lowest BCUT2D eigenvalue weighted by Gasteiger charge is -1.94. The fourth-order valence-corrected chi connectivity index (χ4v) is 0.681. The van der Waals surface area contributed by atoms with Crippen molar-refractivity contribution >= 4 is 18.1 Å². The molecule has 0 unspecified atom stereocenters. The SMILES string of the molecule is CCCCCC(C)=NO.Cl. The standard InChI is InChI=1S/C7H15NO.ClH/c1-3-4-5-6-7(2)8-9;/h9H,3-6H2,1-2H3;1H. The Balaban J connectivity index is 0. The van der Waals surface area contributed by atoms with Crippen LogP contribution >= 0.6 is 12.4 Å². The van der Waals surface area contributed by atoms with Crippen molar-refractivity contribution in [3.8, 4) is 0 Å². The molecule has 0 aromatic rings. The maximum absolute atomic E-state index is 8.22. The molecule has 62 valence electrons. The lowest BCUT2D eigenvalue weighted by atomic mass is 10.1. The molecule has 0 radical (unpaired) electrons. The molecule has 0 aromatic carbocycles. The summed E-state index contributed by atoms with van der Waals surface area (Å²) in [5, 5.41) is 11.3. The third kappa shape index (κ3) is 7.76. The molecule has 0 aliphatic carbocycles. The molecule has 0 saturated carbocycles. The normalized spacial score (nSPS) is 10.8. The van der Waals surface area contributed by atoms with E-state index in [9.17, 15) is 0 Å². The number of hydrogen-bond acceptors (Lipinski definition) is 2. The van der Waals surface area contributed by atoms with Gasteiger partial charge in [-0.2, -0.15) is 0 Å². The molecule has 0 aliphatic rings. The van der Waals surface area contributed by atoms with Gasteiger partial charge in [0, 0.05) is 0 Å². The minimum atomic E-state index is 0. The van der Waals surface area contributed by atoms with Gasteiger partial charge in [0.1, 0.15) is 0 Å². The van der Waals surface area contributed by atoms with E-state index in [0.717, 1.165) is 18.6 Å². The van der Waals surface area contributed by atoms with Gasteiger partial charge in [0.15, 0.2) is 0 Å². The molecule has 3 heteroatoms. The Morgan fingerprint density at radius 3 is 2.40 bits per heavy atom. The molecule has 0 atom stereocenters. The second kappa shape index (κ2) is 8.76. The van der Waals surface area contributed by atoms with E-state index in [4.69, 9.17) is 5.21 Å². The first kappa shape index (κ1) is 12.4. The van der Waals surface area contributed by atoms with E-state index in [1.54, 1.807) is 0 Å². The number of unbranched alkanes of at least 4 members (excludes halogenated alkanes) is 2. The molecular formula is C7H16ClNO. The van der Waals surface area contributed by atoms with E-state index in [1.807, 2.05) is 6.92 Å². The topological polar surface area (TPSA) is 32.6 Å². The van der Waals surface area contributed by atoms with Crippen molar-refractivity contribution in [2.45, 2.75) is 39.5 Å². The van der Waals surface area contributed by atoms with Gasteiger partial charge in [0.25, 0.3) is 0 Å². The monoisotopic (exact) mass is 165 g/mol. The molecule has 2 nitrogen and oxygen atoms in total. The van der Waals surface area contributed by atoms with Crippen LogP contribution in [0.5, 0.6) is 0 Å². The van der Waals surface area contributed by atoms with Gasteiger partial charge in [-0.3, -0.25) is 0 Å². The predicted octanol–water partition coefficient (Wildman–Crippen LogP) is 2.84. The number of nitrogens with zero attached hydrogens (tertiary/aromatic N) is 1. The average Bonchev–Trinajstić information content (AvgIpc) is 1.89. The zero-order valence-electron chi connectivity index (χ0n) is 6.63. The van der Waals surface area contributed by atoms with E-state index >= 15 is 0 Å². The van der Waals surface area contributed by atoms with Crippen molar-refractivity contribution in [3.63, 3.8) is 0 Å². The average molecular weight is 166 g/mol. The highest BCUT2D eigenvalue weighted by Crippen LogP contribution is 1.99. The highest BCUT2D eigenvalue weighted by Gasteiger charge is 1.89. The minimum absolute atomic E-state index is 0. The number of hydrogen-bond donors (Lipinski definition) is 1. The van der Waals surface area contributed by atoms with Crippen LogP contribution in [0.1, 0.15) is 39.5 Å². The molecule has 0 saturated heterocycles. The van der Waals surface area contributed by atoms with Crippen LogP contribution in [0, 0.1) is 0 Å². The van der Waals surface area contributed by atoms with Crippen LogP contribution in [0.2, 0.25) is 0 Å². The number of oxime groups is 1. The summed E-state index contributed by atoms with van der Waals surface area (Å²) in [6.45, 7) is 4.00. The van der Waals surface area contributed by atoms with E-state index in [-0.39, 0.29) is 12.4 Å². The molecule has 0 rings (SSSR count). The molecule has 0 bridgehead atoms. The summed E-state index contributed by atoms with van der Waals surface area (Å²) in [5.74, 6) is 0. The van der Waals surface area contributed by atoms with Gasteiger partial charge in [0.2, 0.25) is 0 Å². The molecule has 1 N–H and O–H groups in total. The lowest BCUT2D eigenvalue weighted by Crippen LogP contribution is -1.89. The van der Waals surface area contributed by atoms with Gasteiger partial charge < -0.3 is 5.21 Å². The zero-order chi connectivity index (χ0) is 7.11. The van der Waals surface area contributed by atoms with Crippen molar-refractivity contribution in [2.24, 2.45) is 5.16 Å². The smallest absolute Gasteiger partial charge is 0.0540 e. The van der Waals surface area contributed by atoms with Crippen LogP contribution in [0.15, 0.2) is 5.16 Å². The highest BCUT2D eigenvalue weighted by molar-refractivity contribution is 5.85. The van der Waals surface area contributed by atoms with Gasteiger partial charge in [-0.05, 0) is 19.8 Å². The number of halogens is 1. The summed E-state index contributed by atoms with van der Waals surface area (Å²) in [6.07, 6.45) is 4.53. The van der Waals surface area contributed by atoms with E-state index < -0.39 is 0 Å². The quantitative estimate of drug-likeness (QED) is 0.296. The van der Waals surface area contributed by atoms with Crippen LogP contribution in [0.4, 0.5) is 0 Å². The molecule has 0 aromatic heterocycles. The fourth-order valence-electron chi connectivity index (χ4n) is 0.681. The second-order valence-electron chi connectivity index (χ2n) is 2.29. The van der Waals surface area contributed by atoms with E-state index in [1.165, 1.54) is 12.8 Å². The van der Waals surface area contributed by atoms with Crippen molar-refractivity contribution < 1.29 is 5.21 Å². The molecule has 0 amide bonds. The Morgan fingerprint density at radius 2 is 2.00 bits per heavy atom.